The highest BCUT2D eigenvalue weighted by Gasteiger charge is 2.36. The number of sulfone groups is 1. The van der Waals surface area contributed by atoms with Crippen LogP contribution in [0.5, 0.6) is 0 Å². The van der Waals surface area contributed by atoms with E-state index < -0.39 is 33.5 Å². The first kappa shape index (κ1) is 25.2. The molecule has 204 valence electrons. The number of amides is 1. The number of carbonyl (C=O) groups excluding carboxylic acids is 1. The molecule has 0 aliphatic carbocycles. The fourth-order valence-corrected chi connectivity index (χ4v) is 6.54. The molecular formula is C25H21N7O7S. The molecule has 1 unspecified atom stereocenters. The van der Waals surface area contributed by atoms with Gasteiger partial charge in [0.2, 0.25) is 0 Å². The average molecular weight is 564 g/mol. The number of aryl methyl sites for hydroxylation is 2. The summed E-state index contributed by atoms with van der Waals surface area (Å²) in [5, 5.41) is 19.6. The summed E-state index contributed by atoms with van der Waals surface area (Å²) in [7, 11) is -0.518. The fourth-order valence-electron chi connectivity index (χ4n) is 4.78. The number of anilines is 1. The number of nitrogens with one attached hydrogen (secondary N) is 2. The molecule has 2 aromatic carbocycles. The molecule has 1 atom stereocenters. The molecule has 1 aliphatic heterocycles. The van der Waals surface area contributed by atoms with Crippen molar-refractivity contribution in [1.82, 2.24) is 29.6 Å². The van der Waals surface area contributed by atoms with Gasteiger partial charge in [0.05, 0.1) is 27.8 Å². The molecule has 0 fully saturated rings. The molecule has 40 heavy (non-hydrogen) atoms. The van der Waals surface area contributed by atoms with Crippen molar-refractivity contribution < 1.29 is 27.5 Å². The summed E-state index contributed by atoms with van der Waals surface area (Å²) in [5.74, 6) is -2.13. The van der Waals surface area contributed by atoms with E-state index in [0.29, 0.717) is 28.0 Å². The van der Waals surface area contributed by atoms with E-state index in [9.17, 15) is 27.9 Å². The maximum atomic E-state index is 13.1. The highest BCUT2D eigenvalue weighted by molar-refractivity contribution is 7.91. The van der Waals surface area contributed by atoms with Crippen molar-refractivity contribution in [2.24, 2.45) is 14.1 Å². The van der Waals surface area contributed by atoms with Crippen LogP contribution in [0.1, 0.15) is 38.0 Å². The number of hydrogen-bond donors (Lipinski definition) is 3. The molecule has 0 spiro atoms. The van der Waals surface area contributed by atoms with E-state index in [-0.39, 0.29) is 34.0 Å². The van der Waals surface area contributed by atoms with Crippen molar-refractivity contribution >= 4 is 49.7 Å². The number of fused-ring (bicyclic) bond motifs is 3. The van der Waals surface area contributed by atoms with Gasteiger partial charge in [0, 0.05) is 20.6 Å². The lowest BCUT2D eigenvalue weighted by Crippen LogP contribution is -2.24. The van der Waals surface area contributed by atoms with E-state index in [1.54, 1.807) is 32.3 Å². The molecule has 4 heterocycles. The largest absolute Gasteiger partial charge is 0.478 e. The van der Waals surface area contributed by atoms with E-state index in [1.165, 1.54) is 27.7 Å². The zero-order chi connectivity index (χ0) is 28.3. The predicted molar refractivity (Wildman–Crippen MR) is 141 cm³/mol. The van der Waals surface area contributed by atoms with E-state index in [1.807, 2.05) is 0 Å². The average Bonchev–Trinajstić information content (AvgIpc) is 3.49. The van der Waals surface area contributed by atoms with Crippen molar-refractivity contribution in [2.75, 3.05) is 11.1 Å². The smallest absolute Gasteiger partial charge is 0.419 e. The first-order valence-corrected chi connectivity index (χ1v) is 13.6. The third kappa shape index (κ3) is 4.07. The van der Waals surface area contributed by atoms with Crippen LogP contribution in [0.2, 0.25) is 0 Å². The monoisotopic (exact) mass is 563 g/mol. The van der Waals surface area contributed by atoms with Gasteiger partial charge in [0.15, 0.2) is 26.9 Å². The summed E-state index contributed by atoms with van der Waals surface area (Å²) < 4.78 is 33.5. The van der Waals surface area contributed by atoms with Gasteiger partial charge in [-0.25, -0.2) is 28.0 Å². The number of nitrogens with zero attached hydrogens (tertiary/aromatic N) is 5. The van der Waals surface area contributed by atoms with Crippen LogP contribution >= 0.6 is 0 Å². The zero-order valence-corrected chi connectivity index (χ0v) is 21.9. The third-order valence-electron chi connectivity index (χ3n) is 6.81. The van der Waals surface area contributed by atoms with Gasteiger partial charge in [-0.2, -0.15) is 5.10 Å². The first-order valence-electron chi connectivity index (χ1n) is 11.9. The standard InChI is InChI=1S/C25H21N7O7S/c1-31-16-7-12(3-6-17(16)39-25(31)36)9-26-23(33)21-19-20(27-11-28-21)22(32(2)30-19)29-15-10-40(37,38)18-8-13(24(34)35)4-5-14(15)18/h3-8,11,15,29H,9-10H2,1-2H3,(H,26,33)(H,34,35). The van der Waals surface area contributed by atoms with Crippen LogP contribution in [0.25, 0.3) is 22.1 Å². The Bertz CT molecular complexity index is 2040. The van der Waals surface area contributed by atoms with Crippen molar-refractivity contribution in [3.8, 4) is 0 Å². The van der Waals surface area contributed by atoms with Gasteiger partial charge in [-0.1, -0.05) is 12.1 Å². The quantitative estimate of drug-likeness (QED) is 0.270. The predicted octanol–water partition coefficient (Wildman–Crippen LogP) is 1.38. The zero-order valence-electron chi connectivity index (χ0n) is 21.1. The summed E-state index contributed by atoms with van der Waals surface area (Å²) in [4.78, 5) is 44.5. The Morgan fingerprint density at radius 2 is 1.93 bits per heavy atom. The number of benzene rings is 2. The Balaban J connectivity index is 1.27. The molecule has 15 heteroatoms. The van der Waals surface area contributed by atoms with Crippen molar-refractivity contribution in [3.63, 3.8) is 0 Å². The molecule has 0 saturated carbocycles. The van der Waals surface area contributed by atoms with Gasteiger partial charge >= 0.3 is 11.7 Å². The Morgan fingerprint density at radius 1 is 1.12 bits per heavy atom. The van der Waals surface area contributed by atoms with Gasteiger partial charge < -0.3 is 20.2 Å². The van der Waals surface area contributed by atoms with Crippen LogP contribution in [0.3, 0.4) is 0 Å². The highest BCUT2D eigenvalue weighted by atomic mass is 32.2. The maximum absolute atomic E-state index is 13.1. The highest BCUT2D eigenvalue weighted by Crippen LogP contribution is 2.37. The summed E-state index contributed by atoms with van der Waals surface area (Å²) in [6.07, 6.45) is 1.22. The fraction of sp³-hybridized carbons (Fsp3) is 0.200. The second-order valence-corrected chi connectivity index (χ2v) is 11.3. The summed E-state index contributed by atoms with van der Waals surface area (Å²) in [5.41, 5.74) is 2.62. The van der Waals surface area contributed by atoms with Crippen molar-refractivity contribution in [3.05, 3.63) is 75.7 Å². The molecule has 3 aromatic heterocycles. The number of carboxylic acids is 1. The molecule has 1 amide bonds. The van der Waals surface area contributed by atoms with Crippen molar-refractivity contribution in [2.45, 2.75) is 17.5 Å². The third-order valence-corrected chi connectivity index (χ3v) is 8.61. The molecule has 0 bridgehead atoms. The lowest BCUT2D eigenvalue weighted by molar-refractivity contribution is 0.0696. The normalized spacial score (nSPS) is 15.8. The van der Waals surface area contributed by atoms with Crippen LogP contribution in [0.4, 0.5) is 5.82 Å². The number of carbonyl (C=O) groups is 2. The molecule has 14 nitrogen and oxygen atoms in total. The van der Waals surface area contributed by atoms with Crippen LogP contribution in [0.15, 0.2) is 56.8 Å². The Labute approximate surface area is 225 Å². The van der Waals surface area contributed by atoms with Gasteiger partial charge in [-0.15, -0.1) is 0 Å². The molecule has 0 radical (unpaired) electrons. The number of aromatic nitrogens is 5. The summed E-state index contributed by atoms with van der Waals surface area (Å²) in [6, 6.07) is 8.43. The Kier molecular flexibility index (Phi) is 5.69. The molecule has 6 rings (SSSR count). The van der Waals surface area contributed by atoms with E-state index >= 15 is 0 Å². The number of hydrogen-bond acceptors (Lipinski definition) is 10. The Hall–Kier alpha value is -5.05. The Morgan fingerprint density at radius 3 is 2.70 bits per heavy atom. The maximum Gasteiger partial charge on any atom is 0.419 e. The van der Waals surface area contributed by atoms with Crippen LogP contribution < -0.4 is 16.4 Å². The lowest BCUT2D eigenvalue weighted by Gasteiger charge is -2.14. The van der Waals surface area contributed by atoms with E-state index in [2.05, 4.69) is 25.7 Å². The van der Waals surface area contributed by atoms with Gasteiger partial charge in [-0.3, -0.25) is 14.0 Å². The van der Waals surface area contributed by atoms with Gasteiger partial charge in [-0.05, 0) is 35.4 Å². The van der Waals surface area contributed by atoms with Crippen LogP contribution in [0, 0.1) is 0 Å². The molecule has 5 aromatic rings. The molecule has 1 aliphatic rings. The van der Waals surface area contributed by atoms with Crippen LogP contribution in [-0.2, 0) is 30.5 Å². The number of rotatable bonds is 6. The summed E-state index contributed by atoms with van der Waals surface area (Å²) in [6.45, 7) is 0.145. The van der Waals surface area contributed by atoms with Gasteiger partial charge in [0.25, 0.3) is 5.91 Å². The molecule has 0 saturated heterocycles. The minimum absolute atomic E-state index is 0.0241. The first-order chi connectivity index (χ1) is 19.0. The minimum Gasteiger partial charge on any atom is -0.478 e. The topological polar surface area (TPSA) is 191 Å². The number of oxazole rings is 1. The number of carboxylic acid groups (broad SMARTS) is 1. The van der Waals surface area contributed by atoms with Crippen molar-refractivity contribution in [1.29, 1.82) is 0 Å². The van der Waals surface area contributed by atoms with E-state index in [4.69, 9.17) is 4.42 Å². The molecule has 3 N–H and O–H groups in total. The minimum atomic E-state index is -3.73. The van der Waals surface area contributed by atoms with Gasteiger partial charge in [0.1, 0.15) is 17.4 Å². The lowest BCUT2D eigenvalue weighted by atomic mass is 10.1. The molecular weight excluding hydrogens is 542 g/mol. The van der Waals surface area contributed by atoms with Crippen LogP contribution in [-0.4, -0.2) is 55.5 Å². The SMILES string of the molecule is Cn1nc2c(C(=O)NCc3ccc4oc(=O)n(C)c4c3)ncnc2c1NC1CS(=O)(=O)c2cc(C(=O)O)ccc21. The van der Waals surface area contributed by atoms with E-state index in [0.717, 1.165) is 11.6 Å². The second-order valence-electron chi connectivity index (χ2n) is 9.34. The number of aromatic carboxylic acids is 1. The summed E-state index contributed by atoms with van der Waals surface area (Å²) >= 11 is 0. The second kappa shape index (κ2) is 9.01.